The Morgan fingerprint density at radius 1 is 0.938 bits per heavy atom. The smallest absolute Gasteiger partial charge is 0.410 e. The molecule has 3 N–H and O–H groups in total. The van der Waals surface area contributed by atoms with Gasteiger partial charge in [-0.1, -0.05) is 30.9 Å². The van der Waals surface area contributed by atoms with Gasteiger partial charge in [-0.05, 0) is 111 Å². The minimum atomic E-state index is -0.528. The van der Waals surface area contributed by atoms with E-state index >= 15 is 0 Å². The molecular weight excluding hydrogens is 604 g/mol. The summed E-state index contributed by atoms with van der Waals surface area (Å²) in [6.07, 6.45) is 4.73. The van der Waals surface area contributed by atoms with Crippen LogP contribution in [0.15, 0.2) is 42.5 Å². The predicted octanol–water partition coefficient (Wildman–Crippen LogP) is 7.37. The third-order valence-electron chi connectivity index (χ3n) is 8.15. The maximum absolute atomic E-state index is 12.8. The van der Waals surface area contributed by atoms with E-state index in [4.69, 9.17) is 14.7 Å². The highest BCUT2D eigenvalue weighted by atomic mass is 16.6. The largest absolute Gasteiger partial charge is 0.462 e. The van der Waals surface area contributed by atoms with Crippen molar-refractivity contribution in [3.8, 4) is 23.1 Å². The summed E-state index contributed by atoms with van der Waals surface area (Å²) in [5.74, 6) is 8.43. The zero-order valence-corrected chi connectivity index (χ0v) is 29.2. The van der Waals surface area contributed by atoms with Crippen LogP contribution in [-0.4, -0.2) is 61.7 Å². The van der Waals surface area contributed by atoms with Gasteiger partial charge in [0.05, 0.1) is 28.8 Å². The number of carbonyl (C=O) groups is 2. The number of hydrogen-bond acceptors (Lipinski definition) is 7. The van der Waals surface area contributed by atoms with Gasteiger partial charge in [0.25, 0.3) is 6.47 Å². The Morgan fingerprint density at radius 2 is 1.67 bits per heavy atom. The monoisotopic (exact) mass is 652 g/mol. The molecule has 4 heterocycles. The molecule has 2 aromatic heterocycles. The van der Waals surface area contributed by atoms with Gasteiger partial charge in [0.2, 0.25) is 0 Å². The van der Waals surface area contributed by atoms with Gasteiger partial charge in [0, 0.05) is 28.9 Å². The van der Waals surface area contributed by atoms with Crippen molar-refractivity contribution in [3.63, 3.8) is 0 Å². The zero-order chi connectivity index (χ0) is 34.5. The Bertz CT molecular complexity index is 1780. The van der Waals surface area contributed by atoms with Crippen molar-refractivity contribution in [1.82, 2.24) is 30.2 Å². The first-order chi connectivity index (χ1) is 22.8. The Labute approximate surface area is 283 Å². The first-order valence-electron chi connectivity index (χ1n) is 16.9. The van der Waals surface area contributed by atoms with Crippen molar-refractivity contribution >= 4 is 23.6 Å². The number of nitrogens with zero attached hydrogens (tertiary/aromatic N) is 3. The van der Waals surface area contributed by atoms with Gasteiger partial charge in [0.15, 0.2) is 0 Å². The Hall–Kier alpha value is -4.62. The average Bonchev–Trinajstić information content (AvgIpc) is 3.84. The number of imidazole rings is 2. The molecule has 2 aromatic carbocycles. The minimum absolute atomic E-state index is 0.112. The minimum Gasteiger partial charge on any atom is -0.462 e. The molecule has 2 aliphatic heterocycles. The molecule has 1 amide bonds. The summed E-state index contributed by atoms with van der Waals surface area (Å²) in [7, 11) is 0. The second-order valence-corrected chi connectivity index (χ2v) is 14.3. The lowest BCUT2D eigenvalue weighted by atomic mass is 10.1. The summed E-state index contributed by atoms with van der Waals surface area (Å²) >= 11 is 0. The summed E-state index contributed by atoms with van der Waals surface area (Å²) in [4.78, 5) is 40.9. The fourth-order valence-electron chi connectivity index (χ4n) is 5.86. The van der Waals surface area contributed by atoms with Gasteiger partial charge < -0.3 is 24.8 Å². The van der Waals surface area contributed by atoms with Crippen molar-refractivity contribution in [2.75, 3.05) is 13.1 Å². The molecule has 2 aliphatic rings. The topological polar surface area (TPSA) is 125 Å². The standard InChI is InChI=1S/C33H38N6O2.C5H10O2/c1-5-24-29(38-30(35-24)26-8-6-18-34-26)23-15-12-21(13-16-23)10-11-22-14-17-25-27(20-22)37-31(36-25)28-9-7-19-39(28)32(40)41-33(2,3)4;1-5(2,3)7-4-6/h12-17,20,26,28,34H,5-9,18-19H2,1-4H3,(H,35,38)(H,36,37);4H,1-3H3/t26-,28-;/m0./s1. The first-order valence-corrected chi connectivity index (χ1v) is 16.9. The summed E-state index contributed by atoms with van der Waals surface area (Å²) in [6.45, 7) is 15.5. The normalized spacial score (nSPS) is 17.8. The van der Waals surface area contributed by atoms with E-state index in [0.717, 1.165) is 77.3 Å². The van der Waals surface area contributed by atoms with E-state index in [2.05, 4.69) is 63.1 Å². The van der Waals surface area contributed by atoms with Crippen molar-refractivity contribution in [3.05, 3.63) is 70.9 Å². The first kappa shape index (κ1) is 34.7. The third kappa shape index (κ3) is 8.84. The van der Waals surface area contributed by atoms with Crippen molar-refractivity contribution < 1.29 is 19.1 Å². The number of carbonyl (C=O) groups excluding carboxylic acids is 2. The third-order valence-corrected chi connectivity index (χ3v) is 8.15. The molecule has 10 heteroatoms. The molecule has 6 rings (SSSR count). The molecule has 0 bridgehead atoms. The second-order valence-electron chi connectivity index (χ2n) is 14.3. The summed E-state index contributed by atoms with van der Waals surface area (Å²) in [6, 6.07) is 14.5. The molecule has 0 radical (unpaired) electrons. The zero-order valence-electron chi connectivity index (χ0n) is 29.2. The number of likely N-dealkylation sites (tertiary alicyclic amines) is 1. The molecule has 10 nitrogen and oxygen atoms in total. The number of benzene rings is 2. The van der Waals surface area contributed by atoms with Crippen molar-refractivity contribution in [1.29, 1.82) is 0 Å². The van der Waals surface area contributed by atoms with E-state index < -0.39 is 5.60 Å². The molecule has 2 saturated heterocycles. The number of aryl methyl sites for hydroxylation is 1. The molecule has 0 spiro atoms. The van der Waals surface area contributed by atoms with Gasteiger partial charge in [-0.3, -0.25) is 9.69 Å². The van der Waals surface area contributed by atoms with E-state index in [9.17, 15) is 9.59 Å². The highest BCUT2D eigenvalue weighted by Crippen LogP contribution is 2.33. The summed E-state index contributed by atoms with van der Waals surface area (Å²) in [5.41, 5.74) is 6.09. The van der Waals surface area contributed by atoms with Crippen LogP contribution in [0.2, 0.25) is 0 Å². The van der Waals surface area contributed by atoms with Crippen LogP contribution >= 0.6 is 0 Å². The lowest BCUT2D eigenvalue weighted by Gasteiger charge is -2.27. The SMILES string of the molecule is CC(C)(C)OC=O.CCc1[nH]c([C@@H]2CCCN2)nc1-c1ccc(C#Cc2ccc3nc([C@@H]4CCCN4C(=O)OC(C)(C)C)[nH]c3c2)cc1. The maximum Gasteiger partial charge on any atom is 0.410 e. The number of H-pyrrole nitrogens is 2. The highest BCUT2D eigenvalue weighted by molar-refractivity contribution is 5.77. The number of hydrogen-bond donors (Lipinski definition) is 3. The van der Waals surface area contributed by atoms with Crippen molar-refractivity contribution in [2.24, 2.45) is 0 Å². The average molecular weight is 653 g/mol. The second kappa shape index (κ2) is 14.7. The van der Waals surface area contributed by atoms with Gasteiger partial charge in [0.1, 0.15) is 22.9 Å². The maximum atomic E-state index is 12.8. The fraction of sp³-hybridized carbons (Fsp3) is 0.474. The number of nitrogens with one attached hydrogen (secondary N) is 3. The molecule has 0 saturated carbocycles. The lowest BCUT2D eigenvalue weighted by molar-refractivity contribution is -0.138. The number of aromatic nitrogens is 4. The quantitative estimate of drug-likeness (QED) is 0.152. The van der Waals surface area contributed by atoms with E-state index in [1.807, 2.05) is 59.7 Å². The van der Waals surface area contributed by atoms with Crippen LogP contribution < -0.4 is 5.32 Å². The molecule has 2 fully saturated rings. The van der Waals surface area contributed by atoms with Gasteiger partial charge in [-0.25, -0.2) is 14.8 Å². The van der Waals surface area contributed by atoms with Crippen LogP contribution in [0.3, 0.4) is 0 Å². The molecule has 48 heavy (non-hydrogen) atoms. The van der Waals surface area contributed by atoms with Crippen LogP contribution in [0.4, 0.5) is 4.79 Å². The number of aromatic amines is 2. The predicted molar refractivity (Wildman–Crippen MR) is 187 cm³/mol. The number of fused-ring (bicyclic) bond motifs is 1. The molecular formula is C38H48N6O4. The van der Waals surface area contributed by atoms with E-state index in [1.54, 1.807) is 4.90 Å². The van der Waals surface area contributed by atoms with Gasteiger partial charge >= 0.3 is 6.09 Å². The fourth-order valence-corrected chi connectivity index (χ4v) is 5.86. The number of rotatable bonds is 5. The van der Waals surface area contributed by atoms with Crippen LogP contribution in [0.25, 0.3) is 22.3 Å². The van der Waals surface area contributed by atoms with Crippen molar-refractivity contribution in [2.45, 2.75) is 104 Å². The van der Waals surface area contributed by atoms with E-state index in [0.29, 0.717) is 19.1 Å². The van der Waals surface area contributed by atoms with Gasteiger partial charge in [-0.2, -0.15) is 0 Å². The summed E-state index contributed by atoms with van der Waals surface area (Å²) in [5, 5.41) is 3.53. The van der Waals surface area contributed by atoms with Crippen LogP contribution in [0, 0.1) is 11.8 Å². The van der Waals surface area contributed by atoms with Crippen LogP contribution in [-0.2, 0) is 20.7 Å². The Kier molecular flexibility index (Phi) is 10.6. The Morgan fingerprint density at radius 3 is 2.29 bits per heavy atom. The molecule has 4 aromatic rings. The highest BCUT2D eigenvalue weighted by Gasteiger charge is 2.35. The molecule has 254 valence electrons. The molecule has 2 atom stereocenters. The lowest BCUT2D eigenvalue weighted by Crippen LogP contribution is -2.36. The number of amides is 1. The molecule has 0 unspecified atom stereocenters. The van der Waals surface area contributed by atoms with Gasteiger partial charge in [-0.15, -0.1) is 0 Å². The van der Waals surface area contributed by atoms with Crippen LogP contribution in [0.5, 0.6) is 0 Å². The summed E-state index contributed by atoms with van der Waals surface area (Å²) < 4.78 is 10.2. The van der Waals surface area contributed by atoms with Crippen LogP contribution in [0.1, 0.15) is 115 Å². The Balaban J connectivity index is 0.000000582. The van der Waals surface area contributed by atoms with E-state index in [1.165, 1.54) is 12.1 Å². The molecule has 0 aliphatic carbocycles. The van der Waals surface area contributed by atoms with E-state index in [-0.39, 0.29) is 17.7 Å². The number of ether oxygens (including phenoxy) is 2.